The number of carbonyl (C=O) groups is 1. The number of nitrogen functional groups attached to an aromatic ring is 1. The minimum Gasteiger partial charge on any atom is -0.464 e. The van der Waals surface area contributed by atoms with Crippen LogP contribution in [-0.2, 0) is 4.74 Å². The van der Waals surface area contributed by atoms with E-state index in [1.54, 1.807) is 18.3 Å². The molecule has 1 aromatic carbocycles. The number of esters is 1. The van der Waals surface area contributed by atoms with Gasteiger partial charge in [0, 0.05) is 11.8 Å². The van der Waals surface area contributed by atoms with Crippen LogP contribution in [-0.4, -0.2) is 18.1 Å². The van der Waals surface area contributed by atoms with Crippen molar-refractivity contribution in [3.8, 4) is 11.1 Å². The van der Waals surface area contributed by atoms with E-state index in [-0.39, 0.29) is 17.2 Å². The van der Waals surface area contributed by atoms with Crippen molar-refractivity contribution in [1.82, 2.24) is 4.98 Å². The molecule has 0 aliphatic carbocycles. The monoisotopic (exact) mass is 234 g/mol. The highest BCUT2D eigenvalue weighted by Crippen LogP contribution is 2.29. The second-order valence-corrected chi connectivity index (χ2v) is 3.49. The standard InChI is InChI=1S/C12H11FN2O2/c1-17-12(16)11-10(14)9(6-15-11)7-3-2-4-8(13)5-7/h2-6,15H,14H2,1H3. The van der Waals surface area contributed by atoms with E-state index in [4.69, 9.17) is 5.73 Å². The van der Waals surface area contributed by atoms with Crippen LogP contribution in [0.15, 0.2) is 30.5 Å². The summed E-state index contributed by atoms with van der Waals surface area (Å²) < 4.78 is 17.6. The highest BCUT2D eigenvalue weighted by molar-refractivity contribution is 5.98. The molecule has 0 spiro atoms. The van der Waals surface area contributed by atoms with Crippen LogP contribution in [0.2, 0.25) is 0 Å². The van der Waals surface area contributed by atoms with E-state index in [2.05, 4.69) is 9.72 Å². The molecule has 1 heterocycles. The van der Waals surface area contributed by atoms with Gasteiger partial charge in [-0.25, -0.2) is 9.18 Å². The Morgan fingerprint density at radius 3 is 2.88 bits per heavy atom. The lowest BCUT2D eigenvalue weighted by Crippen LogP contribution is -2.04. The van der Waals surface area contributed by atoms with Crippen LogP contribution in [0, 0.1) is 5.82 Å². The summed E-state index contributed by atoms with van der Waals surface area (Å²) in [6.45, 7) is 0. The summed E-state index contributed by atoms with van der Waals surface area (Å²) in [5, 5.41) is 0. The van der Waals surface area contributed by atoms with Gasteiger partial charge in [-0.05, 0) is 17.7 Å². The molecule has 0 aliphatic rings. The zero-order valence-electron chi connectivity index (χ0n) is 9.16. The van der Waals surface area contributed by atoms with E-state index in [9.17, 15) is 9.18 Å². The Hall–Kier alpha value is -2.30. The summed E-state index contributed by atoms with van der Waals surface area (Å²) in [6.07, 6.45) is 1.55. The van der Waals surface area contributed by atoms with Crippen LogP contribution < -0.4 is 5.73 Å². The highest BCUT2D eigenvalue weighted by Gasteiger charge is 2.16. The molecule has 2 aromatic rings. The summed E-state index contributed by atoms with van der Waals surface area (Å²) >= 11 is 0. The molecule has 0 amide bonds. The van der Waals surface area contributed by atoms with Crippen LogP contribution in [0.1, 0.15) is 10.5 Å². The van der Waals surface area contributed by atoms with Gasteiger partial charge in [-0.15, -0.1) is 0 Å². The fourth-order valence-electron chi connectivity index (χ4n) is 1.60. The molecule has 0 unspecified atom stereocenters. The molecule has 1 aromatic heterocycles. The number of H-pyrrole nitrogens is 1. The Kier molecular flexibility index (Phi) is 2.82. The third-order valence-electron chi connectivity index (χ3n) is 2.45. The Labute approximate surface area is 97.2 Å². The first kappa shape index (κ1) is 11.2. The van der Waals surface area contributed by atoms with E-state index in [0.717, 1.165) is 0 Å². The molecule has 0 saturated heterocycles. The van der Waals surface area contributed by atoms with Gasteiger partial charge in [0.05, 0.1) is 12.8 Å². The third-order valence-corrected chi connectivity index (χ3v) is 2.45. The number of halogens is 1. The molecule has 0 bridgehead atoms. The number of methoxy groups -OCH3 is 1. The normalized spacial score (nSPS) is 10.2. The quantitative estimate of drug-likeness (QED) is 0.782. The summed E-state index contributed by atoms with van der Waals surface area (Å²) in [5.74, 6) is -0.909. The third kappa shape index (κ3) is 1.99. The lowest BCUT2D eigenvalue weighted by molar-refractivity contribution is 0.0596. The summed E-state index contributed by atoms with van der Waals surface area (Å²) in [4.78, 5) is 14.1. The second-order valence-electron chi connectivity index (χ2n) is 3.49. The van der Waals surface area contributed by atoms with E-state index >= 15 is 0 Å². The van der Waals surface area contributed by atoms with Crippen molar-refractivity contribution in [3.63, 3.8) is 0 Å². The van der Waals surface area contributed by atoms with Gasteiger partial charge >= 0.3 is 5.97 Å². The van der Waals surface area contributed by atoms with Gasteiger partial charge in [0.1, 0.15) is 11.5 Å². The Balaban J connectivity index is 2.48. The molecule has 88 valence electrons. The average molecular weight is 234 g/mol. The van der Waals surface area contributed by atoms with E-state index in [1.807, 2.05) is 0 Å². The number of aromatic nitrogens is 1. The molecule has 4 nitrogen and oxygen atoms in total. The number of hydrogen-bond donors (Lipinski definition) is 2. The number of benzene rings is 1. The van der Waals surface area contributed by atoms with Crippen molar-refractivity contribution < 1.29 is 13.9 Å². The number of nitrogens with one attached hydrogen (secondary N) is 1. The number of anilines is 1. The molecular weight excluding hydrogens is 223 g/mol. The zero-order valence-corrected chi connectivity index (χ0v) is 9.16. The van der Waals surface area contributed by atoms with Crippen LogP contribution in [0.25, 0.3) is 11.1 Å². The second kappa shape index (κ2) is 4.29. The molecule has 0 aliphatic heterocycles. The van der Waals surface area contributed by atoms with Crippen molar-refractivity contribution in [2.24, 2.45) is 0 Å². The predicted molar refractivity (Wildman–Crippen MR) is 61.9 cm³/mol. The number of aromatic amines is 1. The largest absolute Gasteiger partial charge is 0.464 e. The van der Waals surface area contributed by atoms with Gasteiger partial charge in [0.25, 0.3) is 0 Å². The van der Waals surface area contributed by atoms with E-state index in [0.29, 0.717) is 11.1 Å². The summed E-state index contributed by atoms with van der Waals surface area (Å²) in [7, 11) is 1.27. The number of ether oxygens (including phenoxy) is 1. The molecule has 2 rings (SSSR count). The van der Waals surface area contributed by atoms with Gasteiger partial charge in [0.2, 0.25) is 0 Å². The molecule has 3 N–H and O–H groups in total. The molecule has 17 heavy (non-hydrogen) atoms. The first-order valence-electron chi connectivity index (χ1n) is 4.94. The topological polar surface area (TPSA) is 68.1 Å². The fourth-order valence-corrected chi connectivity index (χ4v) is 1.60. The van der Waals surface area contributed by atoms with Gasteiger partial charge in [-0.1, -0.05) is 12.1 Å². The van der Waals surface area contributed by atoms with Crippen LogP contribution in [0.3, 0.4) is 0 Å². The minimum absolute atomic E-state index is 0.173. The van der Waals surface area contributed by atoms with Crippen molar-refractivity contribution in [3.05, 3.63) is 42.0 Å². The smallest absolute Gasteiger partial charge is 0.356 e. The first-order valence-corrected chi connectivity index (χ1v) is 4.94. The van der Waals surface area contributed by atoms with Crippen molar-refractivity contribution in [2.75, 3.05) is 12.8 Å². The average Bonchev–Trinajstić information content (AvgIpc) is 2.70. The van der Waals surface area contributed by atoms with Gasteiger partial charge in [0.15, 0.2) is 0 Å². The van der Waals surface area contributed by atoms with E-state index < -0.39 is 5.97 Å². The lowest BCUT2D eigenvalue weighted by Gasteiger charge is -2.01. The van der Waals surface area contributed by atoms with Gasteiger partial charge in [-0.3, -0.25) is 0 Å². The first-order chi connectivity index (χ1) is 8.13. The van der Waals surface area contributed by atoms with Gasteiger partial charge in [-0.2, -0.15) is 0 Å². The molecule has 0 radical (unpaired) electrons. The highest BCUT2D eigenvalue weighted by atomic mass is 19.1. The molecule has 0 fully saturated rings. The maximum absolute atomic E-state index is 13.1. The molecule has 5 heteroatoms. The van der Waals surface area contributed by atoms with Crippen molar-refractivity contribution in [2.45, 2.75) is 0 Å². The SMILES string of the molecule is COC(=O)c1[nH]cc(-c2cccc(F)c2)c1N. The predicted octanol–water partition coefficient (Wildman–Crippen LogP) is 2.19. The van der Waals surface area contributed by atoms with Crippen LogP contribution in [0.4, 0.5) is 10.1 Å². The number of hydrogen-bond acceptors (Lipinski definition) is 3. The van der Waals surface area contributed by atoms with Crippen molar-refractivity contribution in [1.29, 1.82) is 0 Å². The van der Waals surface area contributed by atoms with Crippen molar-refractivity contribution >= 4 is 11.7 Å². The maximum atomic E-state index is 13.1. The molecular formula is C12H11FN2O2. The zero-order chi connectivity index (χ0) is 12.4. The number of carbonyl (C=O) groups excluding carboxylic acids is 1. The van der Waals surface area contributed by atoms with E-state index in [1.165, 1.54) is 19.2 Å². The number of nitrogens with two attached hydrogens (primary N) is 1. The Morgan fingerprint density at radius 2 is 2.24 bits per heavy atom. The Bertz CT molecular complexity index is 563. The number of rotatable bonds is 2. The molecule has 0 atom stereocenters. The maximum Gasteiger partial charge on any atom is 0.356 e. The lowest BCUT2D eigenvalue weighted by atomic mass is 10.1. The minimum atomic E-state index is -0.551. The Morgan fingerprint density at radius 1 is 1.47 bits per heavy atom. The van der Waals surface area contributed by atoms with Crippen LogP contribution >= 0.6 is 0 Å². The van der Waals surface area contributed by atoms with Crippen LogP contribution in [0.5, 0.6) is 0 Å². The summed E-state index contributed by atoms with van der Waals surface area (Å²) in [5.41, 5.74) is 7.41. The summed E-state index contributed by atoms with van der Waals surface area (Å²) in [6, 6.07) is 5.98. The molecule has 0 saturated carbocycles. The fraction of sp³-hybridized carbons (Fsp3) is 0.0833. The van der Waals surface area contributed by atoms with Gasteiger partial charge < -0.3 is 15.5 Å².